The second-order valence-corrected chi connectivity index (χ2v) is 5.20. The van der Waals surface area contributed by atoms with Crippen molar-refractivity contribution in [1.29, 1.82) is 0 Å². The van der Waals surface area contributed by atoms with E-state index in [0.29, 0.717) is 30.9 Å². The molecule has 1 heterocycles. The van der Waals surface area contributed by atoms with E-state index in [4.69, 9.17) is 15.2 Å². The summed E-state index contributed by atoms with van der Waals surface area (Å²) in [4.78, 5) is 24.9. The van der Waals surface area contributed by atoms with Gasteiger partial charge in [-0.25, -0.2) is 0 Å². The monoisotopic (exact) mass is 305 g/mol. The van der Waals surface area contributed by atoms with Crippen LogP contribution >= 0.6 is 0 Å². The molecule has 6 heteroatoms. The van der Waals surface area contributed by atoms with Gasteiger partial charge in [0.1, 0.15) is 5.75 Å². The first-order chi connectivity index (χ1) is 10.6. The zero-order chi connectivity index (χ0) is 15.9. The van der Waals surface area contributed by atoms with Crippen molar-refractivity contribution >= 4 is 11.7 Å². The summed E-state index contributed by atoms with van der Waals surface area (Å²) in [7, 11) is 0. The molecule has 1 radical (unpaired) electrons. The Morgan fingerprint density at radius 1 is 1.27 bits per heavy atom. The number of ether oxygens (including phenoxy) is 2. The van der Waals surface area contributed by atoms with E-state index in [-0.39, 0.29) is 5.78 Å². The summed E-state index contributed by atoms with van der Waals surface area (Å²) < 4.78 is 10.9. The molecule has 1 aliphatic rings. The quantitative estimate of drug-likeness (QED) is 0.748. The van der Waals surface area contributed by atoms with E-state index in [9.17, 15) is 9.59 Å². The van der Waals surface area contributed by atoms with Crippen molar-refractivity contribution in [3.05, 3.63) is 36.8 Å². The minimum absolute atomic E-state index is 0.259. The van der Waals surface area contributed by atoms with Crippen LogP contribution in [0.15, 0.2) is 24.3 Å². The predicted molar refractivity (Wildman–Crippen MR) is 81.6 cm³/mol. The number of carbonyl (C=O) groups excluding carboxylic acids is 2. The number of hydrogen-bond acceptors (Lipinski definition) is 5. The van der Waals surface area contributed by atoms with Gasteiger partial charge in [0.15, 0.2) is 11.9 Å². The summed E-state index contributed by atoms with van der Waals surface area (Å²) in [5, 5.41) is 0. The van der Waals surface area contributed by atoms with E-state index < -0.39 is 12.0 Å². The number of benzene rings is 1. The lowest BCUT2D eigenvalue weighted by Gasteiger charge is -2.27. The molecule has 0 saturated carbocycles. The number of morpholine rings is 1. The number of nitrogens with two attached hydrogens (primary N) is 1. The number of Topliss-reactive ketones (excluding diaryl/α,β-unsaturated/α-hetero) is 1. The van der Waals surface area contributed by atoms with E-state index >= 15 is 0 Å². The van der Waals surface area contributed by atoms with Crippen LogP contribution in [-0.2, 0) is 9.53 Å². The standard InChI is InChI=1S/C16H21N2O4/c1-12(19)13-2-4-14(5-3-13)22-15(16(17)20)6-7-18-8-10-21-11-9-18/h2-5,15H,1,6-11H2,(H2,17,20). The number of carbonyl (C=O) groups is 2. The maximum absolute atomic E-state index is 11.5. The van der Waals surface area contributed by atoms with Crippen LogP contribution in [0.2, 0.25) is 0 Å². The van der Waals surface area contributed by atoms with Crippen molar-refractivity contribution in [2.75, 3.05) is 32.8 Å². The van der Waals surface area contributed by atoms with Gasteiger partial charge in [-0.05, 0) is 24.3 Å². The predicted octanol–water partition coefficient (Wildman–Crippen LogP) is 0.658. The fraction of sp³-hybridized carbons (Fsp3) is 0.438. The Morgan fingerprint density at radius 2 is 1.91 bits per heavy atom. The van der Waals surface area contributed by atoms with Crippen LogP contribution in [0, 0.1) is 6.92 Å². The average Bonchev–Trinajstić information content (AvgIpc) is 2.52. The molecule has 0 aliphatic carbocycles. The van der Waals surface area contributed by atoms with Gasteiger partial charge in [-0.2, -0.15) is 0 Å². The smallest absolute Gasteiger partial charge is 0.258 e. The first-order valence-electron chi connectivity index (χ1n) is 7.28. The molecule has 1 aliphatic heterocycles. The van der Waals surface area contributed by atoms with Gasteiger partial charge in [0.25, 0.3) is 5.91 Å². The molecule has 1 atom stereocenters. The number of hydrogen-bond donors (Lipinski definition) is 1. The lowest BCUT2D eigenvalue weighted by molar-refractivity contribution is -0.125. The molecule has 1 amide bonds. The number of primary amides is 1. The summed E-state index contributed by atoms with van der Waals surface area (Å²) in [5.41, 5.74) is 5.90. The molecular weight excluding hydrogens is 284 g/mol. The topological polar surface area (TPSA) is 81.9 Å². The van der Waals surface area contributed by atoms with Gasteiger partial charge in [0.05, 0.1) is 13.2 Å². The Balaban J connectivity index is 1.90. The highest BCUT2D eigenvalue weighted by molar-refractivity contribution is 5.99. The lowest BCUT2D eigenvalue weighted by atomic mass is 10.1. The molecular formula is C16H21N2O4. The van der Waals surface area contributed by atoms with E-state index in [0.717, 1.165) is 19.6 Å². The second-order valence-electron chi connectivity index (χ2n) is 5.20. The van der Waals surface area contributed by atoms with Crippen molar-refractivity contribution in [1.82, 2.24) is 4.90 Å². The van der Waals surface area contributed by atoms with Gasteiger partial charge in [-0.3, -0.25) is 14.5 Å². The third-order valence-corrected chi connectivity index (χ3v) is 3.58. The van der Waals surface area contributed by atoms with Crippen LogP contribution in [-0.4, -0.2) is 55.5 Å². The molecule has 0 spiro atoms. The van der Waals surface area contributed by atoms with Crippen molar-refractivity contribution in [3.8, 4) is 5.75 Å². The number of amides is 1. The van der Waals surface area contributed by atoms with Crippen molar-refractivity contribution in [3.63, 3.8) is 0 Å². The first kappa shape index (κ1) is 16.5. The minimum atomic E-state index is -0.691. The average molecular weight is 305 g/mol. The number of rotatable bonds is 7. The maximum Gasteiger partial charge on any atom is 0.258 e. The molecule has 2 rings (SSSR count). The van der Waals surface area contributed by atoms with Crippen LogP contribution in [0.5, 0.6) is 5.75 Å². The van der Waals surface area contributed by atoms with Gasteiger partial charge in [0, 0.05) is 38.5 Å². The van der Waals surface area contributed by atoms with Crippen LogP contribution in [0.4, 0.5) is 0 Å². The Labute approximate surface area is 130 Å². The van der Waals surface area contributed by atoms with Gasteiger partial charge < -0.3 is 15.2 Å². The molecule has 1 unspecified atom stereocenters. The zero-order valence-electron chi connectivity index (χ0n) is 12.5. The third kappa shape index (κ3) is 4.82. The Kier molecular flexibility index (Phi) is 5.91. The fourth-order valence-electron chi connectivity index (χ4n) is 2.27. The first-order valence-corrected chi connectivity index (χ1v) is 7.28. The fourth-order valence-corrected chi connectivity index (χ4v) is 2.27. The van der Waals surface area contributed by atoms with Crippen LogP contribution in [0.25, 0.3) is 0 Å². The van der Waals surface area contributed by atoms with E-state index in [1.807, 2.05) is 0 Å². The van der Waals surface area contributed by atoms with Crippen LogP contribution in [0.1, 0.15) is 16.8 Å². The van der Waals surface area contributed by atoms with Crippen LogP contribution in [0.3, 0.4) is 0 Å². The zero-order valence-corrected chi connectivity index (χ0v) is 12.5. The van der Waals surface area contributed by atoms with Crippen LogP contribution < -0.4 is 10.5 Å². The molecule has 1 fully saturated rings. The molecule has 2 N–H and O–H groups in total. The Bertz CT molecular complexity index is 509. The maximum atomic E-state index is 11.5. The normalized spacial score (nSPS) is 17.0. The van der Waals surface area contributed by atoms with E-state index in [2.05, 4.69) is 11.8 Å². The molecule has 1 saturated heterocycles. The van der Waals surface area contributed by atoms with Gasteiger partial charge in [-0.15, -0.1) is 0 Å². The lowest BCUT2D eigenvalue weighted by Crippen LogP contribution is -2.41. The molecule has 0 aromatic heterocycles. The highest BCUT2D eigenvalue weighted by atomic mass is 16.5. The van der Waals surface area contributed by atoms with Crippen molar-refractivity contribution in [2.45, 2.75) is 12.5 Å². The molecule has 1 aromatic rings. The van der Waals surface area contributed by atoms with Gasteiger partial charge >= 0.3 is 0 Å². The Hall–Kier alpha value is -1.92. The van der Waals surface area contributed by atoms with Crippen molar-refractivity contribution < 1.29 is 19.1 Å². The number of nitrogens with zero attached hydrogens (tertiary/aromatic N) is 1. The van der Waals surface area contributed by atoms with Crippen molar-refractivity contribution in [2.24, 2.45) is 5.73 Å². The van der Waals surface area contributed by atoms with E-state index in [1.165, 1.54) is 0 Å². The number of ketones is 1. The summed E-state index contributed by atoms with van der Waals surface area (Å²) in [5.74, 6) is -0.244. The molecule has 1 aromatic carbocycles. The van der Waals surface area contributed by atoms with Gasteiger partial charge in [-0.1, -0.05) is 0 Å². The van der Waals surface area contributed by atoms with E-state index in [1.54, 1.807) is 24.3 Å². The Morgan fingerprint density at radius 3 is 2.45 bits per heavy atom. The summed E-state index contributed by atoms with van der Waals surface area (Å²) in [6.45, 7) is 7.20. The third-order valence-electron chi connectivity index (χ3n) is 3.58. The second kappa shape index (κ2) is 7.91. The highest BCUT2D eigenvalue weighted by Crippen LogP contribution is 2.16. The summed E-state index contributed by atoms with van der Waals surface area (Å²) in [6.07, 6.45) is -0.171. The minimum Gasteiger partial charge on any atom is -0.481 e. The van der Waals surface area contributed by atoms with Gasteiger partial charge in [0.2, 0.25) is 0 Å². The summed E-state index contributed by atoms with van der Waals surface area (Å²) in [6, 6.07) is 6.52. The summed E-state index contributed by atoms with van der Waals surface area (Å²) >= 11 is 0. The molecule has 0 bridgehead atoms. The largest absolute Gasteiger partial charge is 0.481 e. The molecule has 22 heavy (non-hydrogen) atoms. The molecule has 119 valence electrons. The highest BCUT2D eigenvalue weighted by Gasteiger charge is 2.20. The molecule has 6 nitrogen and oxygen atoms in total. The SMILES string of the molecule is [CH2]C(=O)c1ccc(OC(CCN2CCOCC2)C(N)=O)cc1.